The van der Waals surface area contributed by atoms with Gasteiger partial charge in [-0.05, 0) is 25.5 Å². The van der Waals surface area contributed by atoms with E-state index in [1.54, 1.807) is 31.2 Å². The SMILES string of the molecule is CC1(NC(=O)c2ccccc2Cl)CCS(=O)(=O)C1. The Kier molecular flexibility index (Phi) is 3.38. The molecule has 1 aromatic carbocycles. The summed E-state index contributed by atoms with van der Waals surface area (Å²) in [5, 5.41) is 3.13. The molecule has 2 rings (SSSR count). The zero-order chi connectivity index (χ0) is 13.4. The smallest absolute Gasteiger partial charge is 0.253 e. The summed E-state index contributed by atoms with van der Waals surface area (Å²) in [5.74, 6) is -0.233. The Morgan fingerprint density at radius 2 is 2.06 bits per heavy atom. The number of hydrogen-bond acceptors (Lipinski definition) is 3. The van der Waals surface area contributed by atoms with E-state index in [0.29, 0.717) is 17.0 Å². The van der Waals surface area contributed by atoms with E-state index >= 15 is 0 Å². The molecular weight excluding hydrogens is 274 g/mol. The Balaban J connectivity index is 2.16. The number of carbonyl (C=O) groups excluding carboxylic acids is 1. The Labute approximate surface area is 111 Å². The quantitative estimate of drug-likeness (QED) is 0.899. The zero-order valence-electron chi connectivity index (χ0n) is 9.94. The van der Waals surface area contributed by atoms with Crippen LogP contribution in [-0.2, 0) is 9.84 Å². The molecule has 0 aliphatic carbocycles. The molecule has 1 atom stereocenters. The van der Waals surface area contributed by atoms with E-state index in [4.69, 9.17) is 11.6 Å². The Morgan fingerprint density at radius 3 is 2.61 bits per heavy atom. The van der Waals surface area contributed by atoms with E-state index in [1.165, 1.54) is 0 Å². The van der Waals surface area contributed by atoms with E-state index in [1.807, 2.05) is 0 Å². The number of nitrogens with one attached hydrogen (secondary N) is 1. The van der Waals surface area contributed by atoms with Gasteiger partial charge in [-0.1, -0.05) is 23.7 Å². The molecule has 1 aliphatic heterocycles. The summed E-state index contributed by atoms with van der Waals surface area (Å²) in [6.45, 7) is 1.74. The number of benzene rings is 1. The second-order valence-electron chi connectivity index (χ2n) is 4.84. The highest BCUT2D eigenvalue weighted by atomic mass is 35.5. The van der Waals surface area contributed by atoms with Crippen LogP contribution in [0.2, 0.25) is 5.02 Å². The Hall–Kier alpha value is -1.07. The minimum absolute atomic E-state index is 0.0177. The van der Waals surface area contributed by atoms with Crippen LogP contribution in [0.1, 0.15) is 23.7 Å². The third-order valence-corrected chi connectivity index (χ3v) is 5.27. The lowest BCUT2D eigenvalue weighted by atomic mass is 10.0. The molecule has 0 spiro atoms. The molecule has 1 heterocycles. The van der Waals surface area contributed by atoms with Gasteiger partial charge in [-0.15, -0.1) is 0 Å². The predicted octanol–water partition coefficient (Wildman–Crippen LogP) is 1.65. The molecule has 1 aliphatic rings. The molecule has 18 heavy (non-hydrogen) atoms. The van der Waals surface area contributed by atoms with Crippen LogP contribution in [0.15, 0.2) is 24.3 Å². The van der Waals surface area contributed by atoms with Crippen molar-refractivity contribution in [3.05, 3.63) is 34.9 Å². The van der Waals surface area contributed by atoms with E-state index in [9.17, 15) is 13.2 Å². The van der Waals surface area contributed by atoms with Crippen LogP contribution in [-0.4, -0.2) is 31.4 Å². The van der Waals surface area contributed by atoms with Crippen LogP contribution >= 0.6 is 11.6 Å². The number of hydrogen-bond donors (Lipinski definition) is 1. The second kappa shape index (κ2) is 4.55. The fourth-order valence-corrected chi connectivity index (χ4v) is 4.41. The first-order valence-corrected chi connectivity index (χ1v) is 7.79. The maximum absolute atomic E-state index is 12.0. The van der Waals surface area contributed by atoms with Gasteiger partial charge < -0.3 is 5.32 Å². The van der Waals surface area contributed by atoms with Gasteiger partial charge in [-0.2, -0.15) is 0 Å². The molecule has 98 valence electrons. The van der Waals surface area contributed by atoms with Crippen LogP contribution in [0.3, 0.4) is 0 Å². The van der Waals surface area contributed by atoms with Gasteiger partial charge in [0.1, 0.15) is 0 Å². The largest absolute Gasteiger partial charge is 0.346 e. The summed E-state index contributed by atoms with van der Waals surface area (Å²) in [4.78, 5) is 12.0. The number of carbonyl (C=O) groups is 1. The lowest BCUT2D eigenvalue weighted by molar-refractivity contribution is 0.0915. The van der Waals surface area contributed by atoms with Crippen molar-refractivity contribution in [1.82, 2.24) is 5.32 Å². The van der Waals surface area contributed by atoms with Gasteiger partial charge in [-0.3, -0.25) is 4.79 Å². The first-order chi connectivity index (χ1) is 8.31. The van der Waals surface area contributed by atoms with Gasteiger partial charge in [0.2, 0.25) is 0 Å². The fraction of sp³-hybridized carbons (Fsp3) is 0.417. The third kappa shape index (κ3) is 2.84. The van der Waals surface area contributed by atoms with Crippen molar-refractivity contribution in [1.29, 1.82) is 0 Å². The average molecular weight is 288 g/mol. The minimum Gasteiger partial charge on any atom is -0.346 e. The van der Waals surface area contributed by atoms with Crippen LogP contribution in [0, 0.1) is 0 Å². The van der Waals surface area contributed by atoms with Gasteiger partial charge in [0, 0.05) is 0 Å². The van der Waals surface area contributed by atoms with Gasteiger partial charge in [-0.25, -0.2) is 8.42 Å². The maximum atomic E-state index is 12.0. The highest BCUT2D eigenvalue weighted by molar-refractivity contribution is 7.91. The van der Waals surface area contributed by atoms with Crippen molar-refractivity contribution in [3.8, 4) is 0 Å². The molecule has 1 amide bonds. The molecule has 0 aromatic heterocycles. The predicted molar refractivity (Wildman–Crippen MR) is 70.6 cm³/mol. The second-order valence-corrected chi connectivity index (χ2v) is 7.43. The van der Waals surface area contributed by atoms with Crippen molar-refractivity contribution >= 4 is 27.3 Å². The van der Waals surface area contributed by atoms with Crippen molar-refractivity contribution in [2.75, 3.05) is 11.5 Å². The number of amides is 1. The van der Waals surface area contributed by atoms with Crippen LogP contribution in [0.25, 0.3) is 0 Å². The Bertz CT molecular complexity index is 585. The molecule has 0 radical (unpaired) electrons. The Morgan fingerprint density at radius 1 is 1.39 bits per heavy atom. The molecule has 1 unspecified atom stereocenters. The maximum Gasteiger partial charge on any atom is 0.253 e. The summed E-state index contributed by atoms with van der Waals surface area (Å²) in [6, 6.07) is 6.70. The first kappa shape index (κ1) is 13.4. The molecule has 1 N–H and O–H groups in total. The minimum atomic E-state index is -3.04. The van der Waals surface area contributed by atoms with Gasteiger partial charge in [0.05, 0.1) is 27.6 Å². The molecular formula is C12H14ClNO3S. The number of sulfone groups is 1. The normalized spacial score (nSPS) is 25.9. The topological polar surface area (TPSA) is 63.2 Å². The van der Waals surface area contributed by atoms with Crippen molar-refractivity contribution in [2.45, 2.75) is 18.9 Å². The summed E-state index contributed by atoms with van der Waals surface area (Å²) in [5.41, 5.74) is -0.334. The van der Waals surface area contributed by atoms with Crippen LogP contribution in [0.5, 0.6) is 0 Å². The highest BCUT2D eigenvalue weighted by Gasteiger charge is 2.39. The summed E-state index contributed by atoms with van der Waals surface area (Å²) >= 11 is 5.93. The summed E-state index contributed by atoms with van der Waals surface area (Å²) in [6.07, 6.45) is 0.436. The van der Waals surface area contributed by atoms with Gasteiger partial charge >= 0.3 is 0 Å². The fourth-order valence-electron chi connectivity index (χ4n) is 2.10. The standard InChI is InChI=1S/C12H14ClNO3S/c1-12(6-7-18(16,17)8-12)14-11(15)9-4-2-3-5-10(9)13/h2-5H,6-8H2,1H3,(H,14,15). The lowest BCUT2D eigenvalue weighted by Crippen LogP contribution is -2.47. The molecule has 0 saturated carbocycles. The van der Waals surface area contributed by atoms with E-state index < -0.39 is 15.4 Å². The third-order valence-electron chi connectivity index (χ3n) is 3.04. The summed E-state index contributed by atoms with van der Waals surface area (Å²) < 4.78 is 22.9. The van der Waals surface area contributed by atoms with E-state index in [0.717, 1.165) is 0 Å². The van der Waals surface area contributed by atoms with Crippen molar-refractivity contribution in [2.24, 2.45) is 0 Å². The number of rotatable bonds is 2. The van der Waals surface area contributed by atoms with Crippen LogP contribution in [0.4, 0.5) is 0 Å². The lowest BCUT2D eigenvalue weighted by Gasteiger charge is -2.24. The van der Waals surface area contributed by atoms with Gasteiger partial charge in [0.25, 0.3) is 5.91 Å². The molecule has 0 bridgehead atoms. The highest BCUT2D eigenvalue weighted by Crippen LogP contribution is 2.24. The monoisotopic (exact) mass is 287 g/mol. The number of halogens is 1. The molecule has 6 heteroatoms. The first-order valence-electron chi connectivity index (χ1n) is 5.59. The van der Waals surface area contributed by atoms with Crippen molar-refractivity contribution in [3.63, 3.8) is 0 Å². The molecule has 1 aromatic rings. The van der Waals surface area contributed by atoms with Crippen LogP contribution < -0.4 is 5.32 Å². The molecule has 1 fully saturated rings. The zero-order valence-corrected chi connectivity index (χ0v) is 11.5. The average Bonchev–Trinajstić information content (AvgIpc) is 2.53. The van der Waals surface area contributed by atoms with E-state index in [-0.39, 0.29) is 17.4 Å². The summed E-state index contributed by atoms with van der Waals surface area (Å²) in [7, 11) is -3.04. The molecule has 1 saturated heterocycles. The van der Waals surface area contributed by atoms with Gasteiger partial charge in [0.15, 0.2) is 9.84 Å². The molecule has 4 nitrogen and oxygen atoms in total. The van der Waals surface area contributed by atoms with E-state index in [2.05, 4.69) is 5.32 Å². The van der Waals surface area contributed by atoms with Crippen molar-refractivity contribution < 1.29 is 13.2 Å².